The molecule has 0 fully saturated rings. The second-order valence-electron chi connectivity index (χ2n) is 5.96. The van der Waals surface area contributed by atoms with E-state index >= 15 is 0 Å². The zero-order valence-electron chi connectivity index (χ0n) is 13.2. The van der Waals surface area contributed by atoms with Crippen LogP contribution in [0, 0.1) is 0 Å². The molecule has 1 aromatic heterocycles. The summed E-state index contributed by atoms with van der Waals surface area (Å²) in [6.07, 6.45) is 6.45. The molecule has 2 aromatic carbocycles. The molecule has 3 aromatic rings. The van der Waals surface area contributed by atoms with E-state index in [2.05, 4.69) is 66.9 Å². The number of hydrogen-bond acceptors (Lipinski definition) is 0. The molecular formula is C20H25N. The van der Waals surface area contributed by atoms with Gasteiger partial charge in [-0.2, -0.15) is 0 Å². The average Bonchev–Trinajstić information content (AvgIpc) is 2.87. The summed E-state index contributed by atoms with van der Waals surface area (Å²) in [7, 11) is 0. The van der Waals surface area contributed by atoms with E-state index in [4.69, 9.17) is 0 Å². The molecule has 21 heavy (non-hydrogen) atoms. The monoisotopic (exact) mass is 279 g/mol. The lowest BCUT2D eigenvalue weighted by molar-refractivity contribution is 0.451. The van der Waals surface area contributed by atoms with Crippen LogP contribution in [0.1, 0.15) is 52.0 Å². The van der Waals surface area contributed by atoms with Gasteiger partial charge in [0.05, 0.1) is 0 Å². The zero-order valence-corrected chi connectivity index (χ0v) is 13.2. The van der Waals surface area contributed by atoms with Gasteiger partial charge in [0.15, 0.2) is 0 Å². The van der Waals surface area contributed by atoms with Crippen LogP contribution in [0.15, 0.2) is 48.5 Å². The summed E-state index contributed by atoms with van der Waals surface area (Å²) < 4.78 is 2.58. The molecule has 0 bridgehead atoms. The molecule has 0 aliphatic rings. The van der Waals surface area contributed by atoms with Crippen molar-refractivity contribution in [2.24, 2.45) is 0 Å². The van der Waals surface area contributed by atoms with Crippen molar-refractivity contribution in [1.29, 1.82) is 0 Å². The van der Waals surface area contributed by atoms with Crippen LogP contribution in [0.4, 0.5) is 0 Å². The first-order valence-corrected chi connectivity index (χ1v) is 8.34. The summed E-state index contributed by atoms with van der Waals surface area (Å²) >= 11 is 0. The average molecular weight is 279 g/mol. The maximum absolute atomic E-state index is 2.58. The molecule has 0 N–H and O–H groups in total. The van der Waals surface area contributed by atoms with Gasteiger partial charge in [0.25, 0.3) is 0 Å². The lowest BCUT2D eigenvalue weighted by Gasteiger charge is -2.20. The van der Waals surface area contributed by atoms with Crippen molar-refractivity contribution in [3.8, 4) is 0 Å². The summed E-state index contributed by atoms with van der Waals surface area (Å²) in [5, 5.41) is 2.78. The van der Waals surface area contributed by atoms with Gasteiger partial charge in [-0.05, 0) is 25.0 Å². The molecule has 1 atom stereocenters. The third kappa shape index (κ3) is 2.57. The van der Waals surface area contributed by atoms with E-state index in [-0.39, 0.29) is 0 Å². The van der Waals surface area contributed by atoms with Crippen molar-refractivity contribution in [2.45, 2.75) is 52.0 Å². The van der Waals surface area contributed by atoms with E-state index in [1.807, 2.05) is 0 Å². The van der Waals surface area contributed by atoms with Gasteiger partial charge in [-0.1, -0.05) is 69.5 Å². The third-order valence-corrected chi connectivity index (χ3v) is 4.59. The van der Waals surface area contributed by atoms with Gasteiger partial charge in [-0.3, -0.25) is 0 Å². The van der Waals surface area contributed by atoms with E-state index in [9.17, 15) is 0 Å². The number of benzene rings is 2. The van der Waals surface area contributed by atoms with Crippen LogP contribution < -0.4 is 0 Å². The van der Waals surface area contributed by atoms with Crippen LogP contribution in [-0.2, 0) is 0 Å². The molecule has 0 saturated heterocycles. The molecular weight excluding hydrogens is 254 g/mol. The fraction of sp³-hybridized carbons (Fsp3) is 0.400. The van der Waals surface area contributed by atoms with E-state index < -0.39 is 0 Å². The zero-order chi connectivity index (χ0) is 14.7. The number of aromatic nitrogens is 1. The van der Waals surface area contributed by atoms with Crippen molar-refractivity contribution in [3.63, 3.8) is 0 Å². The quantitative estimate of drug-likeness (QED) is 0.465. The lowest BCUT2D eigenvalue weighted by atomic mass is 10.1. The molecule has 0 aliphatic carbocycles. The Hall–Kier alpha value is -1.76. The predicted octanol–water partition coefficient (Wildman–Crippen LogP) is 6.33. The first-order valence-electron chi connectivity index (χ1n) is 8.34. The molecule has 0 amide bonds. The van der Waals surface area contributed by atoms with E-state index in [1.165, 1.54) is 53.9 Å². The highest BCUT2D eigenvalue weighted by molar-refractivity contribution is 6.08. The molecule has 3 rings (SSSR count). The Balaban J connectivity index is 2.13. The van der Waals surface area contributed by atoms with Gasteiger partial charge in [0, 0.05) is 27.8 Å². The third-order valence-electron chi connectivity index (χ3n) is 4.59. The van der Waals surface area contributed by atoms with Crippen LogP contribution in [-0.4, -0.2) is 4.57 Å². The van der Waals surface area contributed by atoms with E-state index in [0.29, 0.717) is 6.04 Å². The number of para-hydroxylation sites is 2. The first kappa shape index (κ1) is 14.2. The first-order chi connectivity index (χ1) is 10.4. The molecule has 0 spiro atoms. The van der Waals surface area contributed by atoms with E-state index in [1.54, 1.807) is 0 Å². The highest BCUT2D eigenvalue weighted by atomic mass is 15.0. The topological polar surface area (TPSA) is 4.93 Å². The van der Waals surface area contributed by atoms with Gasteiger partial charge >= 0.3 is 0 Å². The fourth-order valence-corrected chi connectivity index (χ4v) is 3.49. The number of fused-ring (bicyclic) bond motifs is 3. The van der Waals surface area contributed by atoms with Gasteiger partial charge < -0.3 is 4.57 Å². The summed E-state index contributed by atoms with van der Waals surface area (Å²) in [5.41, 5.74) is 2.78. The van der Waals surface area contributed by atoms with Crippen molar-refractivity contribution in [1.82, 2.24) is 4.57 Å². The Morgan fingerprint density at radius 3 is 1.90 bits per heavy atom. The number of hydrogen-bond donors (Lipinski definition) is 0. The molecule has 110 valence electrons. The van der Waals surface area contributed by atoms with Gasteiger partial charge in [0.1, 0.15) is 0 Å². The number of rotatable bonds is 6. The molecule has 1 heterocycles. The minimum absolute atomic E-state index is 0.612. The van der Waals surface area contributed by atoms with Gasteiger partial charge in [-0.15, -0.1) is 0 Å². The molecule has 1 unspecified atom stereocenters. The molecule has 1 heteroatoms. The summed E-state index contributed by atoms with van der Waals surface area (Å²) in [5.74, 6) is 0. The van der Waals surface area contributed by atoms with Crippen LogP contribution in [0.25, 0.3) is 21.8 Å². The van der Waals surface area contributed by atoms with E-state index in [0.717, 1.165) is 0 Å². The largest absolute Gasteiger partial charge is 0.337 e. The smallest absolute Gasteiger partial charge is 0.0493 e. The maximum atomic E-state index is 2.58. The fourth-order valence-electron chi connectivity index (χ4n) is 3.49. The second kappa shape index (κ2) is 6.34. The Labute approximate surface area is 127 Å². The van der Waals surface area contributed by atoms with Crippen molar-refractivity contribution < 1.29 is 0 Å². The second-order valence-corrected chi connectivity index (χ2v) is 5.96. The number of nitrogens with zero attached hydrogens (tertiary/aromatic N) is 1. The van der Waals surface area contributed by atoms with Crippen LogP contribution in [0.5, 0.6) is 0 Å². The Bertz CT molecular complexity index is 670. The molecule has 0 saturated carbocycles. The Morgan fingerprint density at radius 2 is 1.38 bits per heavy atom. The number of unbranched alkanes of at least 4 members (excludes halogenated alkanes) is 2. The van der Waals surface area contributed by atoms with Gasteiger partial charge in [0.2, 0.25) is 0 Å². The molecule has 0 radical (unpaired) electrons. The highest BCUT2D eigenvalue weighted by Gasteiger charge is 2.16. The SMILES string of the molecule is CCCCCC(CC)n1c2ccccc2c2ccccc21. The molecule has 0 aliphatic heterocycles. The minimum Gasteiger partial charge on any atom is -0.337 e. The summed E-state index contributed by atoms with van der Waals surface area (Å²) in [6.45, 7) is 4.60. The Morgan fingerprint density at radius 1 is 0.810 bits per heavy atom. The standard InChI is InChI=1S/C20H25N/c1-3-5-6-11-16(4-2)21-19-14-9-7-12-17(19)18-13-8-10-15-20(18)21/h7-10,12-16H,3-6,11H2,1-2H3. The summed E-state index contributed by atoms with van der Waals surface area (Å²) in [4.78, 5) is 0. The predicted molar refractivity (Wildman–Crippen MR) is 92.9 cm³/mol. The summed E-state index contributed by atoms with van der Waals surface area (Å²) in [6, 6.07) is 18.3. The Kier molecular flexibility index (Phi) is 4.28. The van der Waals surface area contributed by atoms with Crippen molar-refractivity contribution >= 4 is 21.8 Å². The maximum Gasteiger partial charge on any atom is 0.0493 e. The van der Waals surface area contributed by atoms with Crippen molar-refractivity contribution in [3.05, 3.63) is 48.5 Å². The lowest BCUT2D eigenvalue weighted by Crippen LogP contribution is -2.07. The van der Waals surface area contributed by atoms with Crippen molar-refractivity contribution in [2.75, 3.05) is 0 Å². The van der Waals surface area contributed by atoms with Gasteiger partial charge in [-0.25, -0.2) is 0 Å². The van der Waals surface area contributed by atoms with Crippen LogP contribution in [0.2, 0.25) is 0 Å². The van der Waals surface area contributed by atoms with Crippen LogP contribution >= 0.6 is 0 Å². The highest BCUT2D eigenvalue weighted by Crippen LogP contribution is 2.34. The normalized spacial score (nSPS) is 13.0. The minimum atomic E-state index is 0.612. The molecule has 1 nitrogen and oxygen atoms in total. The van der Waals surface area contributed by atoms with Crippen LogP contribution in [0.3, 0.4) is 0 Å².